The van der Waals surface area contributed by atoms with Crippen molar-refractivity contribution in [1.82, 2.24) is 4.98 Å². The van der Waals surface area contributed by atoms with Crippen molar-refractivity contribution in [1.29, 1.82) is 0 Å². The molecule has 2 aromatic carbocycles. The molecule has 0 spiro atoms. The molecule has 0 bridgehead atoms. The Morgan fingerprint density at radius 3 is 2.62 bits per heavy atom. The summed E-state index contributed by atoms with van der Waals surface area (Å²) >= 11 is 0. The van der Waals surface area contributed by atoms with E-state index in [1.807, 2.05) is 24.3 Å². The Hall–Kier alpha value is -3.02. The molecule has 0 N–H and O–H groups in total. The summed E-state index contributed by atoms with van der Waals surface area (Å²) < 4.78 is 45.2. The molecule has 1 saturated heterocycles. The van der Waals surface area contributed by atoms with Gasteiger partial charge in [0, 0.05) is 23.4 Å². The highest BCUT2D eigenvalue weighted by Gasteiger charge is 2.31. The van der Waals surface area contributed by atoms with E-state index < -0.39 is 11.7 Å². The quantitative estimate of drug-likeness (QED) is 0.380. The maximum atomic E-state index is 13.1. The fraction of sp³-hybridized carbons (Fsp3) is 0.261. The summed E-state index contributed by atoms with van der Waals surface area (Å²) in [6.07, 6.45) is -2.19. The van der Waals surface area contributed by atoms with E-state index in [0.29, 0.717) is 28.5 Å². The van der Waals surface area contributed by atoms with Crippen LogP contribution in [0.1, 0.15) is 25.3 Å². The third-order valence-electron chi connectivity index (χ3n) is 5.64. The summed E-state index contributed by atoms with van der Waals surface area (Å²) in [6, 6.07) is 15.5. The van der Waals surface area contributed by atoms with Crippen LogP contribution < -0.4 is 4.90 Å². The Morgan fingerprint density at radius 1 is 1.03 bits per heavy atom. The summed E-state index contributed by atoms with van der Waals surface area (Å²) in [5.74, 6) is 0.485. The lowest BCUT2D eigenvalue weighted by atomic mass is 10.1. The monoisotopic (exact) mass is 396 g/mol. The highest BCUT2D eigenvalue weighted by molar-refractivity contribution is 5.91. The van der Waals surface area contributed by atoms with Crippen LogP contribution in [0.15, 0.2) is 59.0 Å². The molecule has 1 fully saturated rings. The first-order chi connectivity index (χ1) is 13.9. The molecule has 1 aliphatic rings. The number of anilines is 1. The molecule has 148 valence electrons. The molecule has 0 saturated carbocycles. The topological polar surface area (TPSA) is 29.3 Å². The van der Waals surface area contributed by atoms with Crippen LogP contribution in [0.3, 0.4) is 0 Å². The fourth-order valence-corrected chi connectivity index (χ4v) is 4.13. The second kappa shape index (κ2) is 6.51. The number of furan rings is 1. The molecular formula is C23H19F3N2O. The highest BCUT2D eigenvalue weighted by atomic mass is 19.4. The van der Waals surface area contributed by atoms with Gasteiger partial charge in [-0.25, -0.2) is 4.98 Å². The number of nitrogens with zero attached hydrogens (tertiary/aromatic N) is 2. The summed E-state index contributed by atoms with van der Waals surface area (Å²) in [6.45, 7) is 3.10. The number of para-hydroxylation sites is 1. The average Bonchev–Trinajstić information content (AvgIpc) is 3.31. The van der Waals surface area contributed by atoms with E-state index in [1.54, 1.807) is 6.07 Å². The zero-order chi connectivity index (χ0) is 20.2. The Balaban J connectivity index is 1.71. The third kappa shape index (κ3) is 3.12. The van der Waals surface area contributed by atoms with Crippen molar-refractivity contribution >= 4 is 27.6 Å². The van der Waals surface area contributed by atoms with Crippen molar-refractivity contribution in [3.63, 3.8) is 0 Å². The molecule has 0 unspecified atom stereocenters. The standard InChI is InChI=1S/C23H19F3N2O/c1-14-5-4-10-28(14)19-12-15-6-2-3-7-18(15)27-22(19)21-13-16-11-17(23(24,25)26)8-9-20(16)29-21/h2-3,6-9,11-14H,4-5,10H2,1H3/t14-/m0/s1. The molecule has 3 nitrogen and oxygen atoms in total. The predicted molar refractivity (Wildman–Crippen MR) is 108 cm³/mol. The number of halogens is 3. The van der Waals surface area contributed by atoms with Crippen LogP contribution in [-0.2, 0) is 6.18 Å². The molecule has 4 aromatic rings. The van der Waals surface area contributed by atoms with Gasteiger partial charge in [-0.3, -0.25) is 0 Å². The molecule has 2 aromatic heterocycles. The maximum Gasteiger partial charge on any atom is 0.416 e. The van der Waals surface area contributed by atoms with Crippen LogP contribution in [0, 0.1) is 0 Å². The van der Waals surface area contributed by atoms with Gasteiger partial charge < -0.3 is 9.32 Å². The van der Waals surface area contributed by atoms with E-state index in [4.69, 9.17) is 9.40 Å². The van der Waals surface area contributed by atoms with Crippen LogP contribution in [-0.4, -0.2) is 17.6 Å². The number of benzene rings is 2. The van der Waals surface area contributed by atoms with E-state index >= 15 is 0 Å². The largest absolute Gasteiger partial charge is 0.454 e. The first kappa shape index (κ1) is 18.0. The second-order valence-corrected chi connectivity index (χ2v) is 7.59. The van der Waals surface area contributed by atoms with E-state index in [1.165, 1.54) is 6.07 Å². The molecule has 6 heteroatoms. The fourth-order valence-electron chi connectivity index (χ4n) is 4.13. The van der Waals surface area contributed by atoms with E-state index in [0.717, 1.165) is 48.1 Å². The van der Waals surface area contributed by atoms with Gasteiger partial charge in [0.15, 0.2) is 5.76 Å². The summed E-state index contributed by atoms with van der Waals surface area (Å²) in [5, 5.41) is 1.45. The lowest BCUT2D eigenvalue weighted by Gasteiger charge is -2.25. The SMILES string of the molecule is C[C@H]1CCCN1c1cc2ccccc2nc1-c1cc2cc(C(F)(F)F)ccc2o1. The number of hydrogen-bond donors (Lipinski definition) is 0. The summed E-state index contributed by atoms with van der Waals surface area (Å²) in [5.41, 5.74) is 2.20. The Labute approximate surface area is 165 Å². The molecule has 1 aliphatic heterocycles. The normalized spacial score (nSPS) is 17.5. The Bertz CT molecular complexity index is 1210. The van der Waals surface area contributed by atoms with Crippen molar-refractivity contribution in [2.24, 2.45) is 0 Å². The van der Waals surface area contributed by atoms with Gasteiger partial charge in [0.1, 0.15) is 11.3 Å². The van der Waals surface area contributed by atoms with Crippen molar-refractivity contribution in [3.8, 4) is 11.5 Å². The van der Waals surface area contributed by atoms with E-state index in [-0.39, 0.29) is 0 Å². The molecule has 29 heavy (non-hydrogen) atoms. The number of pyridine rings is 1. The van der Waals surface area contributed by atoms with Gasteiger partial charge in [0.2, 0.25) is 0 Å². The van der Waals surface area contributed by atoms with Gasteiger partial charge in [-0.15, -0.1) is 0 Å². The zero-order valence-corrected chi connectivity index (χ0v) is 15.8. The Kier molecular flexibility index (Phi) is 4.05. The number of hydrogen-bond acceptors (Lipinski definition) is 3. The molecule has 3 heterocycles. The molecule has 0 amide bonds. The van der Waals surface area contributed by atoms with Crippen LogP contribution >= 0.6 is 0 Å². The molecule has 5 rings (SSSR count). The number of aromatic nitrogens is 1. The predicted octanol–water partition coefficient (Wildman–Crippen LogP) is 6.66. The first-order valence-corrected chi connectivity index (χ1v) is 9.68. The highest BCUT2D eigenvalue weighted by Crippen LogP contribution is 2.39. The van der Waals surface area contributed by atoms with E-state index in [9.17, 15) is 13.2 Å². The number of rotatable bonds is 2. The van der Waals surface area contributed by atoms with Crippen molar-refractivity contribution in [3.05, 3.63) is 60.2 Å². The second-order valence-electron chi connectivity index (χ2n) is 7.59. The molecular weight excluding hydrogens is 377 g/mol. The van der Waals surface area contributed by atoms with Gasteiger partial charge in [-0.05, 0) is 56.2 Å². The van der Waals surface area contributed by atoms with Gasteiger partial charge in [0.05, 0.1) is 16.8 Å². The van der Waals surface area contributed by atoms with Crippen LogP contribution in [0.5, 0.6) is 0 Å². The summed E-state index contributed by atoms with van der Waals surface area (Å²) in [7, 11) is 0. The minimum atomic E-state index is -4.39. The van der Waals surface area contributed by atoms with Crippen molar-refractivity contribution in [2.75, 3.05) is 11.4 Å². The van der Waals surface area contributed by atoms with E-state index in [2.05, 4.69) is 17.9 Å². The minimum absolute atomic E-state index is 0.373. The van der Waals surface area contributed by atoms with Gasteiger partial charge in [-0.1, -0.05) is 18.2 Å². The molecule has 1 atom stereocenters. The van der Waals surface area contributed by atoms with Crippen LogP contribution in [0.2, 0.25) is 0 Å². The average molecular weight is 396 g/mol. The zero-order valence-electron chi connectivity index (χ0n) is 15.8. The van der Waals surface area contributed by atoms with Gasteiger partial charge >= 0.3 is 6.18 Å². The lowest BCUT2D eigenvalue weighted by Crippen LogP contribution is -2.27. The van der Waals surface area contributed by atoms with Crippen molar-refractivity contribution < 1.29 is 17.6 Å². The minimum Gasteiger partial charge on any atom is -0.454 e. The van der Waals surface area contributed by atoms with Gasteiger partial charge in [0.25, 0.3) is 0 Å². The third-order valence-corrected chi connectivity index (χ3v) is 5.64. The van der Waals surface area contributed by atoms with Crippen molar-refractivity contribution in [2.45, 2.75) is 32.0 Å². The Morgan fingerprint density at radius 2 is 1.86 bits per heavy atom. The lowest BCUT2D eigenvalue weighted by molar-refractivity contribution is -0.137. The smallest absolute Gasteiger partial charge is 0.416 e. The molecule has 0 radical (unpaired) electrons. The number of alkyl halides is 3. The van der Waals surface area contributed by atoms with Crippen LogP contribution in [0.4, 0.5) is 18.9 Å². The summed E-state index contributed by atoms with van der Waals surface area (Å²) in [4.78, 5) is 7.14. The number of fused-ring (bicyclic) bond motifs is 2. The first-order valence-electron chi connectivity index (χ1n) is 9.68. The van der Waals surface area contributed by atoms with Gasteiger partial charge in [-0.2, -0.15) is 13.2 Å². The van der Waals surface area contributed by atoms with Crippen LogP contribution in [0.25, 0.3) is 33.3 Å². The maximum absolute atomic E-state index is 13.1. The molecule has 0 aliphatic carbocycles.